The number of anilines is 2. The number of aromatic amines is 1. The number of alkyl halides is 3. The molecule has 0 radical (unpaired) electrons. The summed E-state index contributed by atoms with van der Waals surface area (Å²) in [4.78, 5) is 10.8. The van der Waals surface area contributed by atoms with E-state index in [1.165, 1.54) is 24.3 Å². The van der Waals surface area contributed by atoms with Gasteiger partial charge in [0.1, 0.15) is 0 Å². The molecule has 0 amide bonds. The van der Waals surface area contributed by atoms with Crippen molar-refractivity contribution in [1.82, 2.24) is 10.2 Å². The zero-order valence-corrected chi connectivity index (χ0v) is 8.95. The summed E-state index contributed by atoms with van der Waals surface area (Å²) in [6.07, 6.45) is -4.35. The zero-order chi connectivity index (χ0) is 13.2. The van der Waals surface area contributed by atoms with Crippen LogP contribution in [0.5, 0.6) is 0 Å². The van der Waals surface area contributed by atoms with Gasteiger partial charge < -0.3 is 5.32 Å². The first-order chi connectivity index (χ1) is 8.45. The Morgan fingerprint density at radius 2 is 1.72 bits per heavy atom. The highest BCUT2D eigenvalue weighted by atomic mass is 19.4. The average Bonchev–Trinajstić information content (AvgIpc) is 2.32. The van der Waals surface area contributed by atoms with Crippen molar-refractivity contribution in [2.45, 2.75) is 6.18 Å². The fourth-order valence-corrected chi connectivity index (χ4v) is 1.30. The Morgan fingerprint density at radius 1 is 1.06 bits per heavy atom. The van der Waals surface area contributed by atoms with Crippen molar-refractivity contribution in [3.8, 4) is 0 Å². The molecule has 1 aromatic carbocycles. The highest BCUT2D eigenvalue weighted by molar-refractivity contribution is 5.55. The molecule has 0 saturated carbocycles. The van der Waals surface area contributed by atoms with Crippen molar-refractivity contribution in [3.63, 3.8) is 0 Å². The van der Waals surface area contributed by atoms with E-state index in [0.717, 1.165) is 12.1 Å². The predicted octanol–water partition coefficient (Wildman–Crippen LogP) is 2.53. The van der Waals surface area contributed by atoms with Gasteiger partial charge in [-0.05, 0) is 30.3 Å². The Hall–Kier alpha value is -2.31. The lowest BCUT2D eigenvalue weighted by Crippen LogP contribution is -2.07. The predicted molar refractivity (Wildman–Crippen MR) is 59.6 cm³/mol. The largest absolute Gasteiger partial charge is 0.416 e. The maximum atomic E-state index is 12.3. The third kappa shape index (κ3) is 2.88. The molecule has 2 N–H and O–H groups in total. The van der Waals surface area contributed by atoms with Gasteiger partial charge in [-0.2, -0.15) is 18.3 Å². The van der Waals surface area contributed by atoms with Crippen molar-refractivity contribution in [2.24, 2.45) is 0 Å². The first-order valence-electron chi connectivity index (χ1n) is 4.95. The Balaban J connectivity index is 2.16. The molecular formula is C11H8F3N3O. The third-order valence-corrected chi connectivity index (χ3v) is 2.16. The molecular weight excluding hydrogens is 247 g/mol. The van der Waals surface area contributed by atoms with Crippen molar-refractivity contribution in [1.29, 1.82) is 0 Å². The van der Waals surface area contributed by atoms with E-state index in [1.807, 2.05) is 0 Å². The van der Waals surface area contributed by atoms with Crippen molar-refractivity contribution < 1.29 is 13.2 Å². The van der Waals surface area contributed by atoms with Crippen LogP contribution in [0.15, 0.2) is 41.2 Å². The molecule has 94 valence electrons. The molecule has 0 aliphatic carbocycles. The summed E-state index contributed by atoms with van der Waals surface area (Å²) in [6.45, 7) is 0. The lowest BCUT2D eigenvalue weighted by Gasteiger charge is -2.08. The second kappa shape index (κ2) is 4.52. The van der Waals surface area contributed by atoms with Gasteiger partial charge in [0.05, 0.1) is 5.56 Å². The molecule has 0 aliphatic heterocycles. The van der Waals surface area contributed by atoms with Gasteiger partial charge in [-0.25, -0.2) is 5.10 Å². The Labute approximate surface area is 99.5 Å². The number of H-pyrrole nitrogens is 1. The smallest absolute Gasteiger partial charge is 0.339 e. The number of hydrogen-bond acceptors (Lipinski definition) is 3. The molecule has 0 bridgehead atoms. The molecule has 4 nitrogen and oxygen atoms in total. The minimum absolute atomic E-state index is 0.342. The first kappa shape index (κ1) is 12.2. The number of benzene rings is 1. The summed E-state index contributed by atoms with van der Waals surface area (Å²) in [5.74, 6) is 0.342. The van der Waals surface area contributed by atoms with Gasteiger partial charge in [0.25, 0.3) is 5.56 Å². The molecule has 2 rings (SSSR count). The van der Waals surface area contributed by atoms with E-state index in [2.05, 4.69) is 15.5 Å². The van der Waals surface area contributed by atoms with Gasteiger partial charge in [-0.3, -0.25) is 4.79 Å². The molecule has 1 aromatic heterocycles. The van der Waals surface area contributed by atoms with Crippen LogP contribution >= 0.6 is 0 Å². The normalized spacial score (nSPS) is 11.3. The molecule has 7 heteroatoms. The molecule has 0 unspecified atom stereocenters. The first-order valence-corrected chi connectivity index (χ1v) is 4.95. The summed E-state index contributed by atoms with van der Waals surface area (Å²) in [5.41, 5.74) is -0.627. The molecule has 0 atom stereocenters. The van der Waals surface area contributed by atoms with Gasteiger partial charge >= 0.3 is 6.18 Å². The van der Waals surface area contributed by atoms with Crippen LogP contribution in [-0.4, -0.2) is 10.2 Å². The van der Waals surface area contributed by atoms with Gasteiger partial charge in [0.2, 0.25) is 0 Å². The number of rotatable bonds is 2. The summed E-state index contributed by atoms with van der Waals surface area (Å²) in [5, 5.41) is 8.64. The van der Waals surface area contributed by atoms with Crippen LogP contribution in [0, 0.1) is 0 Å². The van der Waals surface area contributed by atoms with Gasteiger partial charge in [0.15, 0.2) is 5.82 Å². The summed E-state index contributed by atoms with van der Waals surface area (Å²) < 4.78 is 37.0. The average molecular weight is 255 g/mol. The minimum atomic E-state index is -4.35. The van der Waals surface area contributed by atoms with Crippen LogP contribution in [0.3, 0.4) is 0 Å². The van der Waals surface area contributed by atoms with Crippen molar-refractivity contribution in [3.05, 3.63) is 52.3 Å². The highest BCUT2D eigenvalue weighted by Crippen LogP contribution is 2.30. The number of hydrogen-bond donors (Lipinski definition) is 2. The van der Waals surface area contributed by atoms with Gasteiger partial charge in [-0.15, -0.1) is 0 Å². The standard InChI is InChI=1S/C11H8F3N3O/c12-11(13,14)7-1-3-8(4-2-7)15-9-5-6-10(18)17-16-9/h1-6H,(H,15,16)(H,17,18). The summed E-state index contributed by atoms with van der Waals surface area (Å²) >= 11 is 0. The molecule has 0 spiro atoms. The fraction of sp³-hybridized carbons (Fsp3) is 0.0909. The molecule has 0 fully saturated rings. The zero-order valence-electron chi connectivity index (χ0n) is 8.95. The lowest BCUT2D eigenvalue weighted by atomic mass is 10.2. The Kier molecular flexibility index (Phi) is 3.05. The summed E-state index contributed by atoms with van der Waals surface area (Å²) in [7, 11) is 0. The van der Waals surface area contributed by atoms with Crippen LogP contribution in [0.25, 0.3) is 0 Å². The molecule has 2 aromatic rings. The SMILES string of the molecule is O=c1ccc(Nc2ccc(C(F)(F)F)cc2)n[nH]1. The van der Waals surface area contributed by atoms with Crippen LogP contribution < -0.4 is 10.9 Å². The maximum Gasteiger partial charge on any atom is 0.416 e. The lowest BCUT2D eigenvalue weighted by molar-refractivity contribution is -0.137. The second-order valence-corrected chi connectivity index (χ2v) is 3.51. The highest BCUT2D eigenvalue weighted by Gasteiger charge is 2.29. The number of halogens is 3. The van der Waals surface area contributed by atoms with E-state index in [1.54, 1.807) is 0 Å². The van der Waals surface area contributed by atoms with Crippen LogP contribution in [-0.2, 0) is 6.18 Å². The van der Waals surface area contributed by atoms with E-state index < -0.39 is 11.7 Å². The minimum Gasteiger partial charge on any atom is -0.339 e. The second-order valence-electron chi connectivity index (χ2n) is 3.51. The van der Waals surface area contributed by atoms with E-state index in [0.29, 0.717) is 11.5 Å². The fourth-order valence-electron chi connectivity index (χ4n) is 1.30. The Bertz CT molecular complexity index is 569. The van der Waals surface area contributed by atoms with Crippen LogP contribution in [0.1, 0.15) is 5.56 Å². The molecule has 0 aliphatic rings. The quantitative estimate of drug-likeness (QED) is 0.866. The third-order valence-electron chi connectivity index (χ3n) is 2.16. The number of nitrogens with zero attached hydrogens (tertiary/aromatic N) is 1. The monoisotopic (exact) mass is 255 g/mol. The molecule has 18 heavy (non-hydrogen) atoms. The molecule has 0 saturated heterocycles. The van der Waals surface area contributed by atoms with E-state index in [9.17, 15) is 18.0 Å². The van der Waals surface area contributed by atoms with Gasteiger partial charge in [-0.1, -0.05) is 0 Å². The van der Waals surface area contributed by atoms with E-state index >= 15 is 0 Å². The number of aromatic nitrogens is 2. The van der Waals surface area contributed by atoms with Gasteiger partial charge in [0, 0.05) is 11.8 Å². The number of nitrogens with one attached hydrogen (secondary N) is 2. The maximum absolute atomic E-state index is 12.3. The Morgan fingerprint density at radius 3 is 2.22 bits per heavy atom. The molecule has 1 heterocycles. The van der Waals surface area contributed by atoms with E-state index in [4.69, 9.17) is 0 Å². The van der Waals surface area contributed by atoms with Crippen molar-refractivity contribution in [2.75, 3.05) is 5.32 Å². The van der Waals surface area contributed by atoms with Crippen LogP contribution in [0.4, 0.5) is 24.7 Å². The van der Waals surface area contributed by atoms with Crippen LogP contribution in [0.2, 0.25) is 0 Å². The topological polar surface area (TPSA) is 57.8 Å². The summed E-state index contributed by atoms with van der Waals surface area (Å²) in [6, 6.07) is 7.20. The van der Waals surface area contributed by atoms with Crippen molar-refractivity contribution >= 4 is 11.5 Å². The van der Waals surface area contributed by atoms with E-state index in [-0.39, 0.29) is 5.56 Å².